The standard InChI is InChI=1S/C20H19ClF3N3O4S/c1-2-31-18(30)19(20(22,23)24,26-16(29)10-6-3-4-8-12(10)21)27-17-14(15(25)28)11-7-5-9-13(11)32-17/h3-4,6,8,27H,2,5,7,9H2,1H3,(H2,25,28)(H,26,29). The summed E-state index contributed by atoms with van der Waals surface area (Å²) >= 11 is 6.83. The molecule has 2 aromatic rings. The monoisotopic (exact) mass is 489 g/mol. The lowest BCUT2D eigenvalue weighted by atomic mass is 10.1. The highest BCUT2D eigenvalue weighted by Gasteiger charge is 2.64. The van der Waals surface area contributed by atoms with Crippen molar-refractivity contribution < 1.29 is 32.3 Å². The Morgan fingerprint density at radius 3 is 2.50 bits per heavy atom. The van der Waals surface area contributed by atoms with Crippen LogP contribution < -0.4 is 16.4 Å². The Morgan fingerprint density at radius 2 is 1.91 bits per heavy atom. The van der Waals surface area contributed by atoms with Gasteiger partial charge in [-0.25, -0.2) is 4.79 Å². The van der Waals surface area contributed by atoms with E-state index in [1.165, 1.54) is 31.2 Å². The molecule has 0 radical (unpaired) electrons. The maximum absolute atomic E-state index is 14.4. The minimum Gasteiger partial charge on any atom is -0.463 e. The molecule has 4 N–H and O–H groups in total. The number of carbonyl (C=O) groups excluding carboxylic acids is 3. The molecule has 0 saturated carbocycles. The summed E-state index contributed by atoms with van der Waals surface area (Å²) in [5, 5.41) is 3.39. The number of alkyl halides is 3. The predicted molar refractivity (Wildman–Crippen MR) is 113 cm³/mol. The van der Waals surface area contributed by atoms with Gasteiger partial charge in [-0.3, -0.25) is 9.59 Å². The zero-order valence-electron chi connectivity index (χ0n) is 16.8. The van der Waals surface area contributed by atoms with Crippen LogP contribution in [0.3, 0.4) is 0 Å². The number of esters is 1. The first-order valence-corrected chi connectivity index (χ1v) is 10.7. The van der Waals surface area contributed by atoms with Gasteiger partial charge >= 0.3 is 17.8 Å². The number of ether oxygens (including phenoxy) is 1. The molecule has 3 rings (SSSR count). The second-order valence-corrected chi connectivity index (χ2v) is 8.47. The number of carbonyl (C=O) groups is 3. The first-order valence-electron chi connectivity index (χ1n) is 9.55. The molecule has 0 aliphatic heterocycles. The van der Waals surface area contributed by atoms with E-state index in [0.29, 0.717) is 23.3 Å². The maximum Gasteiger partial charge on any atom is 0.441 e. The van der Waals surface area contributed by atoms with Gasteiger partial charge in [0.15, 0.2) is 0 Å². The number of amides is 2. The summed E-state index contributed by atoms with van der Waals surface area (Å²) in [6, 6.07) is 5.42. The van der Waals surface area contributed by atoms with E-state index in [0.717, 1.165) is 17.8 Å². The van der Waals surface area contributed by atoms with Gasteiger partial charge in [-0.05, 0) is 43.9 Å². The van der Waals surface area contributed by atoms with Gasteiger partial charge < -0.3 is 21.1 Å². The molecular formula is C20H19ClF3N3O4S. The van der Waals surface area contributed by atoms with Crippen LogP contribution in [-0.4, -0.2) is 36.2 Å². The van der Waals surface area contributed by atoms with Crippen LogP contribution in [0.1, 0.15) is 44.5 Å². The van der Waals surface area contributed by atoms with E-state index in [1.807, 2.05) is 0 Å². The second kappa shape index (κ2) is 8.99. The zero-order valence-corrected chi connectivity index (χ0v) is 18.3. The van der Waals surface area contributed by atoms with Crippen molar-refractivity contribution in [3.8, 4) is 0 Å². The fourth-order valence-electron chi connectivity index (χ4n) is 3.44. The van der Waals surface area contributed by atoms with E-state index in [9.17, 15) is 27.6 Å². The number of aryl methyl sites for hydroxylation is 1. The number of halogens is 4. The molecule has 0 saturated heterocycles. The molecule has 1 atom stereocenters. The summed E-state index contributed by atoms with van der Waals surface area (Å²) in [7, 11) is 0. The lowest BCUT2D eigenvalue weighted by Crippen LogP contribution is -2.69. The van der Waals surface area contributed by atoms with Crippen LogP contribution in [0.25, 0.3) is 0 Å². The first-order chi connectivity index (χ1) is 15.0. The Morgan fingerprint density at radius 1 is 1.22 bits per heavy atom. The van der Waals surface area contributed by atoms with E-state index in [-0.39, 0.29) is 27.8 Å². The molecule has 32 heavy (non-hydrogen) atoms. The Balaban J connectivity index is 2.13. The molecule has 0 fully saturated rings. The minimum absolute atomic E-state index is 0.113. The zero-order chi connectivity index (χ0) is 23.7. The lowest BCUT2D eigenvalue weighted by molar-refractivity contribution is -0.204. The Kier molecular flexibility index (Phi) is 6.70. The number of rotatable bonds is 7. The first kappa shape index (κ1) is 23.9. The number of primary amides is 1. The highest BCUT2D eigenvalue weighted by molar-refractivity contribution is 7.16. The molecule has 0 spiro atoms. The fraction of sp³-hybridized carbons (Fsp3) is 0.350. The van der Waals surface area contributed by atoms with Crippen molar-refractivity contribution in [2.75, 3.05) is 11.9 Å². The Hall–Kier alpha value is -2.79. The van der Waals surface area contributed by atoms with Gasteiger partial charge in [-0.2, -0.15) is 13.2 Å². The van der Waals surface area contributed by atoms with Crippen LogP contribution in [0.15, 0.2) is 24.3 Å². The van der Waals surface area contributed by atoms with Crippen molar-refractivity contribution in [2.45, 2.75) is 38.0 Å². The summed E-state index contributed by atoms with van der Waals surface area (Å²) in [5.41, 5.74) is 1.87. The molecule has 1 heterocycles. The average molecular weight is 490 g/mol. The number of anilines is 1. The highest BCUT2D eigenvalue weighted by Crippen LogP contribution is 2.42. The van der Waals surface area contributed by atoms with Crippen molar-refractivity contribution in [1.82, 2.24) is 5.32 Å². The molecule has 172 valence electrons. The van der Waals surface area contributed by atoms with Crippen LogP contribution in [0.2, 0.25) is 5.02 Å². The van der Waals surface area contributed by atoms with Gasteiger partial charge in [0.2, 0.25) is 0 Å². The van der Waals surface area contributed by atoms with Crippen LogP contribution in [-0.2, 0) is 22.4 Å². The minimum atomic E-state index is -5.36. The second-order valence-electron chi connectivity index (χ2n) is 6.95. The summed E-state index contributed by atoms with van der Waals surface area (Å²) in [5.74, 6) is -4.00. The van der Waals surface area contributed by atoms with Crippen LogP contribution in [0, 0.1) is 0 Å². The van der Waals surface area contributed by atoms with Crippen molar-refractivity contribution in [3.05, 3.63) is 50.9 Å². The van der Waals surface area contributed by atoms with Gasteiger partial charge in [-0.1, -0.05) is 23.7 Å². The van der Waals surface area contributed by atoms with Crippen molar-refractivity contribution in [1.29, 1.82) is 0 Å². The SMILES string of the molecule is CCOC(=O)C(NC(=O)c1ccccc1Cl)(Nc1sc2c(c1C(N)=O)CCC2)C(F)(F)F. The number of nitrogens with one attached hydrogen (secondary N) is 2. The number of benzene rings is 1. The van der Waals surface area contributed by atoms with E-state index in [4.69, 9.17) is 17.3 Å². The number of thiophene rings is 1. The molecule has 1 unspecified atom stereocenters. The van der Waals surface area contributed by atoms with E-state index < -0.39 is 29.6 Å². The summed E-state index contributed by atoms with van der Waals surface area (Å²) < 4.78 is 47.9. The molecule has 2 amide bonds. The fourth-order valence-corrected chi connectivity index (χ4v) is 5.01. The quantitative estimate of drug-likeness (QED) is 0.406. The molecule has 1 aliphatic rings. The molecule has 1 aromatic heterocycles. The van der Waals surface area contributed by atoms with Gasteiger partial charge in [0.25, 0.3) is 11.8 Å². The third-order valence-electron chi connectivity index (χ3n) is 4.90. The van der Waals surface area contributed by atoms with Crippen LogP contribution in [0.5, 0.6) is 0 Å². The third-order valence-corrected chi connectivity index (χ3v) is 6.43. The predicted octanol–water partition coefficient (Wildman–Crippen LogP) is 3.65. The lowest BCUT2D eigenvalue weighted by Gasteiger charge is -2.35. The van der Waals surface area contributed by atoms with Crippen molar-refractivity contribution >= 4 is 45.7 Å². The molecule has 1 aliphatic carbocycles. The molecule has 7 nitrogen and oxygen atoms in total. The topological polar surface area (TPSA) is 111 Å². The molecule has 1 aromatic carbocycles. The molecular weight excluding hydrogens is 471 g/mol. The van der Waals surface area contributed by atoms with Crippen LogP contribution in [0.4, 0.5) is 18.2 Å². The van der Waals surface area contributed by atoms with Crippen molar-refractivity contribution in [2.24, 2.45) is 5.73 Å². The summed E-state index contributed by atoms with van der Waals surface area (Å²) in [6.45, 7) is 0.938. The number of fused-ring (bicyclic) bond motifs is 1. The molecule has 12 heteroatoms. The van der Waals surface area contributed by atoms with Gasteiger partial charge in [-0.15, -0.1) is 11.3 Å². The summed E-state index contributed by atoms with van der Waals surface area (Å²) in [4.78, 5) is 38.2. The number of hydrogen-bond acceptors (Lipinski definition) is 6. The van der Waals surface area contributed by atoms with Gasteiger partial charge in [0.1, 0.15) is 5.00 Å². The van der Waals surface area contributed by atoms with E-state index in [1.54, 1.807) is 5.32 Å². The maximum atomic E-state index is 14.4. The smallest absolute Gasteiger partial charge is 0.441 e. The molecule has 0 bridgehead atoms. The average Bonchev–Trinajstić information content (AvgIpc) is 3.27. The highest BCUT2D eigenvalue weighted by atomic mass is 35.5. The van der Waals surface area contributed by atoms with Crippen LogP contribution >= 0.6 is 22.9 Å². The van der Waals surface area contributed by atoms with E-state index >= 15 is 0 Å². The largest absolute Gasteiger partial charge is 0.463 e. The van der Waals surface area contributed by atoms with Crippen molar-refractivity contribution in [3.63, 3.8) is 0 Å². The summed E-state index contributed by atoms with van der Waals surface area (Å²) in [6.07, 6.45) is -3.60. The number of hydrogen-bond donors (Lipinski definition) is 3. The van der Waals surface area contributed by atoms with E-state index in [2.05, 4.69) is 10.1 Å². The van der Waals surface area contributed by atoms with Gasteiger partial charge in [0, 0.05) is 4.88 Å². The normalized spacial score (nSPS) is 14.9. The Bertz CT molecular complexity index is 1070. The number of nitrogens with two attached hydrogens (primary N) is 1. The third kappa shape index (κ3) is 4.26. The van der Waals surface area contributed by atoms with Gasteiger partial charge in [0.05, 0.1) is 22.8 Å². The Labute approximate surface area is 190 Å².